The molecule has 1 amide bonds. The van der Waals surface area contributed by atoms with Crippen molar-refractivity contribution in [1.82, 2.24) is 10.3 Å². The van der Waals surface area contributed by atoms with Crippen LogP contribution < -0.4 is 5.32 Å². The summed E-state index contributed by atoms with van der Waals surface area (Å²) < 4.78 is 19.0. The van der Waals surface area contributed by atoms with Crippen molar-refractivity contribution in [2.75, 3.05) is 13.2 Å². The summed E-state index contributed by atoms with van der Waals surface area (Å²) in [5.41, 5.74) is 3.47. The van der Waals surface area contributed by atoms with Crippen LogP contribution in [0.15, 0.2) is 73.1 Å². The first-order valence-electron chi connectivity index (χ1n) is 10.2. The molecule has 30 heavy (non-hydrogen) atoms. The third-order valence-electron chi connectivity index (χ3n) is 5.74. The average molecular weight is 404 g/mol. The minimum atomic E-state index is -0.529. The summed E-state index contributed by atoms with van der Waals surface area (Å²) in [6.45, 7) is 1.44. The minimum absolute atomic E-state index is 0.00171. The zero-order chi connectivity index (χ0) is 20.8. The zero-order valence-electron chi connectivity index (χ0n) is 16.8. The molecule has 5 heteroatoms. The lowest BCUT2D eigenvalue weighted by molar-refractivity contribution is -0.136. The van der Waals surface area contributed by atoms with E-state index in [4.69, 9.17) is 4.74 Å². The first-order chi connectivity index (χ1) is 14.6. The Hall–Kier alpha value is -3.05. The van der Waals surface area contributed by atoms with Gasteiger partial charge in [0.05, 0.1) is 5.41 Å². The first kappa shape index (κ1) is 20.2. The van der Waals surface area contributed by atoms with Crippen molar-refractivity contribution in [3.63, 3.8) is 0 Å². The highest BCUT2D eigenvalue weighted by Crippen LogP contribution is 2.35. The predicted octanol–water partition coefficient (Wildman–Crippen LogP) is 4.54. The van der Waals surface area contributed by atoms with Gasteiger partial charge in [-0.05, 0) is 59.7 Å². The van der Waals surface area contributed by atoms with E-state index in [1.165, 1.54) is 12.1 Å². The van der Waals surface area contributed by atoms with Crippen LogP contribution in [0.5, 0.6) is 0 Å². The van der Waals surface area contributed by atoms with Gasteiger partial charge in [0, 0.05) is 32.2 Å². The van der Waals surface area contributed by atoms with E-state index in [9.17, 15) is 9.18 Å². The number of nitrogens with zero attached hydrogens (tertiary/aromatic N) is 1. The summed E-state index contributed by atoms with van der Waals surface area (Å²) in [4.78, 5) is 17.5. The molecule has 1 N–H and O–H groups in total. The molecular weight excluding hydrogens is 379 g/mol. The maximum Gasteiger partial charge on any atom is 0.226 e. The summed E-state index contributed by atoms with van der Waals surface area (Å²) in [6, 6.07) is 18.6. The SMILES string of the molecule is O=C(NCc1cccc(F)c1)C1(Cc2cccc(-c3cccnc3)c2)CCOCC1. The van der Waals surface area contributed by atoms with Gasteiger partial charge in [0.1, 0.15) is 5.82 Å². The van der Waals surface area contributed by atoms with E-state index in [1.807, 2.05) is 30.5 Å². The highest BCUT2D eigenvalue weighted by molar-refractivity contribution is 5.83. The van der Waals surface area contributed by atoms with Crippen molar-refractivity contribution in [2.45, 2.75) is 25.8 Å². The molecule has 4 rings (SSSR count). The second-order valence-corrected chi connectivity index (χ2v) is 7.82. The number of rotatable bonds is 6. The molecule has 2 heterocycles. The van der Waals surface area contributed by atoms with E-state index in [0.717, 1.165) is 22.3 Å². The second kappa shape index (κ2) is 9.18. The summed E-state index contributed by atoms with van der Waals surface area (Å²) in [5.74, 6) is -0.295. The number of hydrogen-bond donors (Lipinski definition) is 1. The van der Waals surface area contributed by atoms with Crippen LogP contribution in [-0.4, -0.2) is 24.1 Å². The Morgan fingerprint density at radius 1 is 1.00 bits per heavy atom. The van der Waals surface area contributed by atoms with E-state index in [1.54, 1.807) is 12.3 Å². The van der Waals surface area contributed by atoms with Gasteiger partial charge in [0.15, 0.2) is 0 Å². The molecule has 1 aliphatic rings. The smallest absolute Gasteiger partial charge is 0.226 e. The van der Waals surface area contributed by atoms with Crippen molar-refractivity contribution >= 4 is 5.91 Å². The molecule has 0 bridgehead atoms. The fraction of sp³-hybridized carbons (Fsp3) is 0.280. The second-order valence-electron chi connectivity index (χ2n) is 7.82. The van der Waals surface area contributed by atoms with Gasteiger partial charge in [-0.2, -0.15) is 0 Å². The van der Waals surface area contributed by atoms with Gasteiger partial charge in [0.2, 0.25) is 5.91 Å². The molecule has 0 atom stereocenters. The van der Waals surface area contributed by atoms with Gasteiger partial charge in [-0.15, -0.1) is 0 Å². The number of hydrogen-bond acceptors (Lipinski definition) is 3. The Morgan fingerprint density at radius 2 is 1.77 bits per heavy atom. The number of nitrogens with one attached hydrogen (secondary N) is 1. The van der Waals surface area contributed by atoms with Gasteiger partial charge >= 0.3 is 0 Å². The first-order valence-corrected chi connectivity index (χ1v) is 10.2. The van der Waals surface area contributed by atoms with E-state index in [-0.39, 0.29) is 11.7 Å². The average Bonchev–Trinajstić information content (AvgIpc) is 2.79. The van der Waals surface area contributed by atoms with Gasteiger partial charge in [-0.1, -0.05) is 42.5 Å². The molecule has 0 saturated carbocycles. The third-order valence-corrected chi connectivity index (χ3v) is 5.74. The molecule has 154 valence electrons. The van der Waals surface area contributed by atoms with Crippen LogP contribution in [0.4, 0.5) is 4.39 Å². The Labute approximate surface area is 176 Å². The summed E-state index contributed by atoms with van der Waals surface area (Å²) >= 11 is 0. The lowest BCUT2D eigenvalue weighted by Gasteiger charge is -2.36. The molecule has 3 aromatic rings. The molecule has 0 unspecified atom stereocenters. The van der Waals surface area contributed by atoms with Gasteiger partial charge in [-0.25, -0.2) is 4.39 Å². The number of aromatic nitrogens is 1. The van der Waals surface area contributed by atoms with Crippen LogP contribution in [0, 0.1) is 11.2 Å². The fourth-order valence-corrected chi connectivity index (χ4v) is 4.05. The van der Waals surface area contributed by atoms with E-state index in [2.05, 4.69) is 28.5 Å². The highest BCUT2D eigenvalue weighted by Gasteiger charge is 2.40. The third kappa shape index (κ3) is 4.74. The van der Waals surface area contributed by atoms with E-state index in [0.29, 0.717) is 39.0 Å². The van der Waals surface area contributed by atoms with Crippen LogP contribution in [0.25, 0.3) is 11.1 Å². The van der Waals surface area contributed by atoms with Crippen molar-refractivity contribution in [1.29, 1.82) is 0 Å². The van der Waals surface area contributed by atoms with Crippen molar-refractivity contribution in [2.24, 2.45) is 5.41 Å². The van der Waals surface area contributed by atoms with E-state index >= 15 is 0 Å². The standard InChI is InChI=1S/C25H25FN2O2/c26-23-8-2-5-20(15-23)17-28-24(29)25(9-12-30-13-10-25)16-19-4-1-6-21(14-19)22-7-3-11-27-18-22/h1-8,11,14-15,18H,9-10,12-13,16-17H2,(H,28,29). The number of benzene rings is 2. The molecule has 1 aliphatic heterocycles. The Kier molecular flexibility index (Phi) is 6.19. The summed E-state index contributed by atoms with van der Waals surface area (Å²) in [5, 5.41) is 3.03. The Bertz CT molecular complexity index is 1000. The van der Waals surface area contributed by atoms with Crippen molar-refractivity contribution in [3.05, 3.63) is 90.0 Å². The van der Waals surface area contributed by atoms with Crippen LogP contribution in [-0.2, 0) is 22.5 Å². The van der Waals surface area contributed by atoms with Crippen LogP contribution in [0.1, 0.15) is 24.0 Å². The quantitative estimate of drug-likeness (QED) is 0.656. The largest absolute Gasteiger partial charge is 0.381 e. The van der Waals surface area contributed by atoms with Crippen LogP contribution in [0.2, 0.25) is 0 Å². The molecule has 0 aliphatic carbocycles. The van der Waals surface area contributed by atoms with Crippen molar-refractivity contribution < 1.29 is 13.9 Å². The predicted molar refractivity (Wildman–Crippen MR) is 114 cm³/mol. The number of pyridine rings is 1. The number of amides is 1. The molecular formula is C25H25FN2O2. The number of ether oxygens (including phenoxy) is 1. The maximum absolute atomic E-state index is 13.5. The molecule has 1 saturated heterocycles. The van der Waals surface area contributed by atoms with Gasteiger partial charge in [-0.3, -0.25) is 9.78 Å². The summed E-state index contributed by atoms with van der Waals surface area (Å²) in [6.07, 6.45) is 5.57. The minimum Gasteiger partial charge on any atom is -0.381 e. The topological polar surface area (TPSA) is 51.2 Å². The lowest BCUT2D eigenvalue weighted by atomic mass is 9.74. The van der Waals surface area contributed by atoms with Gasteiger partial charge < -0.3 is 10.1 Å². The molecule has 0 spiro atoms. The maximum atomic E-state index is 13.5. The van der Waals surface area contributed by atoms with Gasteiger partial charge in [0.25, 0.3) is 0 Å². The number of carbonyl (C=O) groups excluding carboxylic acids is 1. The Morgan fingerprint density at radius 3 is 2.53 bits per heavy atom. The van der Waals surface area contributed by atoms with Crippen molar-refractivity contribution in [3.8, 4) is 11.1 Å². The van der Waals surface area contributed by atoms with Crippen LogP contribution in [0.3, 0.4) is 0 Å². The molecule has 0 radical (unpaired) electrons. The summed E-state index contributed by atoms with van der Waals surface area (Å²) in [7, 11) is 0. The molecule has 1 aromatic heterocycles. The molecule has 2 aromatic carbocycles. The molecule has 4 nitrogen and oxygen atoms in total. The highest BCUT2D eigenvalue weighted by atomic mass is 19.1. The number of carbonyl (C=O) groups is 1. The van der Waals surface area contributed by atoms with Crippen LogP contribution >= 0.6 is 0 Å². The Balaban J connectivity index is 1.53. The molecule has 1 fully saturated rings. The van der Waals surface area contributed by atoms with E-state index < -0.39 is 5.41 Å². The lowest BCUT2D eigenvalue weighted by Crippen LogP contribution is -2.45. The normalized spacial score (nSPS) is 15.5. The zero-order valence-corrected chi connectivity index (χ0v) is 16.8. The monoisotopic (exact) mass is 404 g/mol. The fourth-order valence-electron chi connectivity index (χ4n) is 4.05. The number of halogens is 1.